The fraction of sp³-hybridized carbons (Fsp3) is 0.429. The number of carboxylic acid groups (broad SMARTS) is 1. The summed E-state index contributed by atoms with van der Waals surface area (Å²) in [6, 6.07) is 3.74. The average Bonchev–Trinajstić information content (AvgIpc) is 3.22. The van der Waals surface area contributed by atoms with Crippen molar-refractivity contribution in [2.24, 2.45) is 11.8 Å². The highest BCUT2D eigenvalue weighted by Gasteiger charge is 2.27. The minimum Gasteiger partial charge on any atom is -0.505 e. The van der Waals surface area contributed by atoms with E-state index in [1.807, 2.05) is 0 Å². The van der Waals surface area contributed by atoms with E-state index in [0.717, 1.165) is 0 Å². The van der Waals surface area contributed by atoms with Gasteiger partial charge in [0.05, 0.1) is 5.69 Å². The summed E-state index contributed by atoms with van der Waals surface area (Å²) in [5.74, 6) is -0.557. The van der Waals surface area contributed by atoms with Crippen LogP contribution in [0.15, 0.2) is 18.2 Å². The molecule has 0 spiro atoms. The molecule has 1 atom stereocenters. The van der Waals surface area contributed by atoms with Crippen LogP contribution in [0.4, 0.5) is 10.5 Å². The van der Waals surface area contributed by atoms with Crippen molar-refractivity contribution in [3.05, 3.63) is 23.8 Å². The number of aromatic hydroxyl groups is 1. The van der Waals surface area contributed by atoms with Crippen LogP contribution in [0.3, 0.4) is 0 Å². The summed E-state index contributed by atoms with van der Waals surface area (Å²) in [6.45, 7) is 2.65. The number of nitrogens with one attached hydrogen (secondary N) is 2. The number of carbonyl (C=O) groups excluding carboxylic acids is 1. The molecular formula is C14H18N2O4. The number of rotatable bonds is 5. The lowest BCUT2D eigenvalue weighted by Crippen LogP contribution is -2.33. The molecule has 1 aromatic rings. The molecule has 0 bridgehead atoms. The Hall–Kier alpha value is -2.24. The number of carbonyl (C=O) groups is 2. The fourth-order valence-electron chi connectivity index (χ4n) is 2.07. The first-order valence-corrected chi connectivity index (χ1v) is 6.59. The quantitative estimate of drug-likeness (QED) is 0.621. The van der Waals surface area contributed by atoms with Gasteiger partial charge >= 0.3 is 12.0 Å². The van der Waals surface area contributed by atoms with Crippen LogP contribution in [-0.4, -0.2) is 28.8 Å². The molecule has 1 aliphatic carbocycles. The number of hydrogen-bond donors (Lipinski definition) is 4. The van der Waals surface area contributed by atoms with Gasteiger partial charge in [-0.1, -0.05) is 13.0 Å². The van der Waals surface area contributed by atoms with Crippen LogP contribution in [0.2, 0.25) is 0 Å². The second-order valence-electron chi connectivity index (χ2n) is 5.16. The van der Waals surface area contributed by atoms with Crippen molar-refractivity contribution in [3.63, 3.8) is 0 Å². The molecule has 2 rings (SSSR count). The first-order chi connectivity index (χ1) is 9.49. The minimum absolute atomic E-state index is 0.0847. The van der Waals surface area contributed by atoms with Gasteiger partial charge in [0.1, 0.15) is 5.56 Å². The number of amides is 2. The molecule has 1 aromatic carbocycles. The summed E-state index contributed by atoms with van der Waals surface area (Å²) in [5.41, 5.74) is -0.157. The van der Waals surface area contributed by atoms with Crippen LogP contribution in [0.1, 0.15) is 30.1 Å². The molecule has 2 amide bonds. The summed E-state index contributed by atoms with van der Waals surface area (Å²) < 4.78 is 0. The zero-order valence-corrected chi connectivity index (χ0v) is 11.2. The van der Waals surface area contributed by atoms with Gasteiger partial charge in [-0.05, 0) is 36.8 Å². The van der Waals surface area contributed by atoms with E-state index in [9.17, 15) is 14.7 Å². The SMILES string of the molecule is CC(CNC(=O)Nc1cccc(C(=O)O)c1O)C1CC1. The second kappa shape index (κ2) is 5.81. The Balaban J connectivity index is 1.93. The van der Waals surface area contributed by atoms with E-state index < -0.39 is 17.7 Å². The summed E-state index contributed by atoms with van der Waals surface area (Å²) >= 11 is 0. The molecule has 1 fully saturated rings. The lowest BCUT2D eigenvalue weighted by atomic mass is 10.1. The second-order valence-corrected chi connectivity index (χ2v) is 5.16. The maximum Gasteiger partial charge on any atom is 0.339 e. The van der Waals surface area contributed by atoms with Gasteiger partial charge in [0, 0.05) is 6.54 Å². The van der Waals surface area contributed by atoms with Gasteiger partial charge in [-0.25, -0.2) is 9.59 Å². The lowest BCUT2D eigenvalue weighted by Gasteiger charge is -2.13. The third-order valence-corrected chi connectivity index (χ3v) is 3.53. The number of urea groups is 1. The molecule has 1 unspecified atom stereocenters. The van der Waals surface area contributed by atoms with Crippen molar-refractivity contribution >= 4 is 17.7 Å². The molecule has 6 nitrogen and oxygen atoms in total. The van der Waals surface area contributed by atoms with Crippen LogP contribution < -0.4 is 10.6 Å². The van der Waals surface area contributed by atoms with Crippen LogP contribution in [-0.2, 0) is 0 Å². The topological polar surface area (TPSA) is 98.7 Å². The molecule has 1 aliphatic rings. The number of hydrogen-bond acceptors (Lipinski definition) is 3. The Bertz CT molecular complexity index is 526. The van der Waals surface area contributed by atoms with Crippen LogP contribution >= 0.6 is 0 Å². The maximum atomic E-state index is 11.7. The maximum absolute atomic E-state index is 11.7. The van der Waals surface area contributed by atoms with Crippen molar-refractivity contribution in [3.8, 4) is 5.75 Å². The number of phenols is 1. The fourth-order valence-corrected chi connectivity index (χ4v) is 2.07. The molecular weight excluding hydrogens is 260 g/mol. The Morgan fingerprint density at radius 1 is 1.40 bits per heavy atom. The van der Waals surface area contributed by atoms with Crippen molar-refractivity contribution < 1.29 is 19.8 Å². The third kappa shape index (κ3) is 3.40. The molecule has 0 aliphatic heterocycles. The molecule has 20 heavy (non-hydrogen) atoms. The van der Waals surface area contributed by atoms with Gasteiger partial charge in [0.15, 0.2) is 5.75 Å². The van der Waals surface area contributed by atoms with Crippen LogP contribution in [0, 0.1) is 11.8 Å². The number of anilines is 1. The predicted molar refractivity (Wildman–Crippen MR) is 74.0 cm³/mol. The number of benzene rings is 1. The molecule has 108 valence electrons. The molecule has 0 aromatic heterocycles. The van der Waals surface area contributed by atoms with E-state index >= 15 is 0 Å². The Kier molecular flexibility index (Phi) is 4.12. The predicted octanol–water partition coefficient (Wildman–Crippen LogP) is 2.26. The van der Waals surface area contributed by atoms with E-state index in [0.29, 0.717) is 18.4 Å². The third-order valence-electron chi connectivity index (χ3n) is 3.53. The first-order valence-electron chi connectivity index (χ1n) is 6.59. The number of aromatic carboxylic acids is 1. The van der Waals surface area contributed by atoms with Crippen molar-refractivity contribution in [1.29, 1.82) is 0 Å². The Morgan fingerprint density at radius 3 is 2.70 bits per heavy atom. The van der Waals surface area contributed by atoms with Crippen molar-refractivity contribution in [2.45, 2.75) is 19.8 Å². The lowest BCUT2D eigenvalue weighted by molar-refractivity contribution is 0.0693. The highest BCUT2D eigenvalue weighted by atomic mass is 16.4. The molecule has 0 radical (unpaired) electrons. The molecule has 6 heteroatoms. The molecule has 1 saturated carbocycles. The van der Waals surface area contributed by atoms with Crippen molar-refractivity contribution in [2.75, 3.05) is 11.9 Å². The minimum atomic E-state index is -1.24. The van der Waals surface area contributed by atoms with Gasteiger partial charge in [0.2, 0.25) is 0 Å². The van der Waals surface area contributed by atoms with E-state index in [-0.39, 0.29) is 11.3 Å². The molecule has 0 saturated heterocycles. The van der Waals surface area contributed by atoms with E-state index in [1.165, 1.54) is 31.0 Å². The first kappa shape index (κ1) is 14.2. The zero-order valence-electron chi connectivity index (χ0n) is 11.2. The molecule has 4 N–H and O–H groups in total. The summed E-state index contributed by atoms with van der Waals surface area (Å²) in [4.78, 5) is 22.6. The standard InChI is InChI=1S/C14H18N2O4/c1-8(9-5-6-9)7-15-14(20)16-11-4-2-3-10(12(11)17)13(18)19/h2-4,8-9,17H,5-7H2,1H3,(H,18,19)(H2,15,16,20). The Labute approximate surface area is 116 Å². The zero-order chi connectivity index (χ0) is 14.7. The van der Waals surface area contributed by atoms with E-state index in [2.05, 4.69) is 17.6 Å². The van der Waals surface area contributed by atoms with Gasteiger partial charge in [-0.3, -0.25) is 0 Å². The van der Waals surface area contributed by atoms with Gasteiger partial charge in [-0.15, -0.1) is 0 Å². The average molecular weight is 278 g/mol. The highest BCUT2D eigenvalue weighted by Crippen LogP contribution is 2.36. The van der Waals surface area contributed by atoms with Gasteiger partial charge < -0.3 is 20.8 Å². The van der Waals surface area contributed by atoms with Crippen LogP contribution in [0.5, 0.6) is 5.75 Å². The van der Waals surface area contributed by atoms with E-state index in [1.54, 1.807) is 0 Å². The van der Waals surface area contributed by atoms with Crippen molar-refractivity contribution in [1.82, 2.24) is 5.32 Å². The summed E-state index contributed by atoms with van der Waals surface area (Å²) in [5, 5.41) is 23.8. The Morgan fingerprint density at radius 2 is 2.10 bits per heavy atom. The van der Waals surface area contributed by atoms with Gasteiger partial charge in [0.25, 0.3) is 0 Å². The number of para-hydroxylation sites is 1. The van der Waals surface area contributed by atoms with Gasteiger partial charge in [-0.2, -0.15) is 0 Å². The summed E-state index contributed by atoms with van der Waals surface area (Å²) in [7, 11) is 0. The smallest absolute Gasteiger partial charge is 0.339 e. The largest absolute Gasteiger partial charge is 0.505 e. The number of carboxylic acids is 1. The monoisotopic (exact) mass is 278 g/mol. The summed E-state index contributed by atoms with van der Waals surface area (Å²) in [6.07, 6.45) is 2.43. The molecule has 0 heterocycles. The van der Waals surface area contributed by atoms with Crippen LogP contribution in [0.25, 0.3) is 0 Å². The normalized spacial score (nSPS) is 15.4. The highest BCUT2D eigenvalue weighted by molar-refractivity contribution is 5.97. The van der Waals surface area contributed by atoms with E-state index in [4.69, 9.17) is 5.11 Å².